The Labute approximate surface area is 104 Å². The maximum atomic E-state index is 11.9. The van der Waals surface area contributed by atoms with Crippen molar-refractivity contribution in [3.8, 4) is 0 Å². The van der Waals surface area contributed by atoms with Gasteiger partial charge in [0.1, 0.15) is 0 Å². The van der Waals surface area contributed by atoms with E-state index >= 15 is 0 Å². The van der Waals surface area contributed by atoms with Gasteiger partial charge in [0.2, 0.25) is 5.91 Å². The lowest BCUT2D eigenvalue weighted by Crippen LogP contribution is -2.51. The number of benzene rings is 1. The van der Waals surface area contributed by atoms with Crippen LogP contribution < -0.4 is 10.6 Å². The number of imide groups is 1. The van der Waals surface area contributed by atoms with E-state index < -0.39 is 6.04 Å². The molecule has 0 saturated carbocycles. The predicted molar refractivity (Wildman–Crippen MR) is 65.9 cm³/mol. The van der Waals surface area contributed by atoms with E-state index in [9.17, 15) is 9.59 Å². The van der Waals surface area contributed by atoms with Crippen LogP contribution in [0.4, 0.5) is 5.69 Å². The van der Waals surface area contributed by atoms with Crippen LogP contribution in [0.25, 0.3) is 0 Å². The molecule has 1 aromatic carbocycles. The summed E-state index contributed by atoms with van der Waals surface area (Å²) < 4.78 is 0. The van der Waals surface area contributed by atoms with Crippen LogP contribution in [0.2, 0.25) is 5.02 Å². The van der Waals surface area contributed by atoms with Crippen molar-refractivity contribution in [2.75, 3.05) is 4.90 Å². The van der Waals surface area contributed by atoms with E-state index in [1.807, 2.05) is 6.92 Å². The zero-order valence-electron chi connectivity index (χ0n) is 9.44. The summed E-state index contributed by atoms with van der Waals surface area (Å²) in [5.74, 6) is -0.585. The summed E-state index contributed by atoms with van der Waals surface area (Å²) in [6.07, 6.45) is 0.701. The van der Waals surface area contributed by atoms with E-state index in [0.717, 1.165) is 10.5 Å². The second-order valence-corrected chi connectivity index (χ2v) is 4.55. The fourth-order valence-corrected chi connectivity index (χ4v) is 1.97. The number of aryl methyl sites for hydroxylation is 1. The number of nitrogens with two attached hydrogens (primary N) is 1. The first-order valence-corrected chi connectivity index (χ1v) is 5.77. The van der Waals surface area contributed by atoms with Crippen molar-refractivity contribution in [2.24, 2.45) is 5.73 Å². The first-order chi connectivity index (χ1) is 8.00. The van der Waals surface area contributed by atoms with Crippen molar-refractivity contribution in [1.82, 2.24) is 0 Å². The highest BCUT2D eigenvalue weighted by Crippen LogP contribution is 2.26. The molecule has 1 atom stereocenters. The van der Waals surface area contributed by atoms with Gasteiger partial charge in [-0.15, -0.1) is 0 Å². The molecule has 0 aliphatic carbocycles. The van der Waals surface area contributed by atoms with Gasteiger partial charge in [-0.3, -0.25) is 9.59 Å². The van der Waals surface area contributed by atoms with Crippen LogP contribution in [0.3, 0.4) is 0 Å². The third-order valence-electron chi connectivity index (χ3n) is 2.87. The average Bonchev–Trinajstić information content (AvgIpc) is 2.29. The van der Waals surface area contributed by atoms with Crippen LogP contribution in [0.1, 0.15) is 18.4 Å². The van der Waals surface area contributed by atoms with Crippen LogP contribution in [-0.4, -0.2) is 17.9 Å². The van der Waals surface area contributed by atoms with E-state index in [4.69, 9.17) is 17.3 Å². The molecule has 1 saturated heterocycles. The molecule has 2 N–H and O–H groups in total. The lowest BCUT2D eigenvalue weighted by molar-refractivity contribution is -0.130. The molecule has 90 valence electrons. The molecule has 17 heavy (non-hydrogen) atoms. The molecular weight excluding hydrogens is 240 g/mol. The van der Waals surface area contributed by atoms with Crippen LogP contribution >= 0.6 is 11.6 Å². The largest absolute Gasteiger partial charge is 0.320 e. The number of carbonyl (C=O) groups is 2. The van der Waals surface area contributed by atoms with E-state index in [1.54, 1.807) is 18.2 Å². The van der Waals surface area contributed by atoms with Gasteiger partial charge in [0.25, 0.3) is 5.91 Å². The Morgan fingerprint density at radius 2 is 2.12 bits per heavy atom. The van der Waals surface area contributed by atoms with Gasteiger partial charge < -0.3 is 5.73 Å². The highest BCUT2D eigenvalue weighted by molar-refractivity contribution is 6.32. The maximum Gasteiger partial charge on any atom is 0.250 e. The number of carbonyl (C=O) groups excluding carboxylic acids is 2. The molecule has 0 spiro atoms. The van der Waals surface area contributed by atoms with Gasteiger partial charge in [0.15, 0.2) is 0 Å². The SMILES string of the molecule is Cc1ccc(N2C(=O)CCC(N)C2=O)cc1Cl. The molecule has 0 aromatic heterocycles. The lowest BCUT2D eigenvalue weighted by Gasteiger charge is -2.28. The fraction of sp³-hybridized carbons (Fsp3) is 0.333. The maximum absolute atomic E-state index is 11.9. The monoisotopic (exact) mass is 252 g/mol. The number of halogens is 1. The van der Waals surface area contributed by atoms with Crippen molar-refractivity contribution in [3.63, 3.8) is 0 Å². The molecule has 1 heterocycles. The van der Waals surface area contributed by atoms with Crippen LogP contribution in [0.15, 0.2) is 18.2 Å². The van der Waals surface area contributed by atoms with Crippen molar-refractivity contribution >= 4 is 29.1 Å². The third-order valence-corrected chi connectivity index (χ3v) is 3.28. The molecule has 1 unspecified atom stereocenters. The van der Waals surface area contributed by atoms with Crippen molar-refractivity contribution in [3.05, 3.63) is 28.8 Å². The number of piperidine rings is 1. The molecule has 2 rings (SSSR count). The minimum atomic E-state index is -0.604. The van der Waals surface area contributed by atoms with E-state index in [2.05, 4.69) is 0 Å². The number of hydrogen-bond acceptors (Lipinski definition) is 3. The summed E-state index contributed by atoms with van der Waals surface area (Å²) in [4.78, 5) is 24.7. The minimum Gasteiger partial charge on any atom is -0.320 e. The Morgan fingerprint density at radius 1 is 1.41 bits per heavy atom. The molecule has 4 nitrogen and oxygen atoms in total. The second kappa shape index (κ2) is 4.47. The average molecular weight is 253 g/mol. The first kappa shape index (κ1) is 12.1. The zero-order valence-corrected chi connectivity index (χ0v) is 10.2. The summed E-state index contributed by atoms with van der Waals surface area (Å²) in [5.41, 5.74) is 7.05. The van der Waals surface area contributed by atoms with E-state index in [1.165, 1.54) is 0 Å². The van der Waals surface area contributed by atoms with Gasteiger partial charge in [0, 0.05) is 11.4 Å². The number of amides is 2. The highest BCUT2D eigenvalue weighted by atomic mass is 35.5. The molecule has 0 radical (unpaired) electrons. The third kappa shape index (κ3) is 2.18. The van der Waals surface area contributed by atoms with Crippen LogP contribution in [0, 0.1) is 6.92 Å². The van der Waals surface area contributed by atoms with Gasteiger partial charge in [-0.1, -0.05) is 17.7 Å². The topological polar surface area (TPSA) is 63.4 Å². The van der Waals surface area contributed by atoms with Crippen LogP contribution in [0.5, 0.6) is 0 Å². The Kier molecular flexibility index (Phi) is 3.17. The Balaban J connectivity index is 2.39. The van der Waals surface area contributed by atoms with E-state index in [-0.39, 0.29) is 11.8 Å². The smallest absolute Gasteiger partial charge is 0.250 e. The number of rotatable bonds is 1. The molecular formula is C12H13ClN2O2. The minimum absolute atomic E-state index is 0.225. The quantitative estimate of drug-likeness (QED) is 0.773. The first-order valence-electron chi connectivity index (χ1n) is 5.39. The second-order valence-electron chi connectivity index (χ2n) is 4.15. The standard InChI is InChI=1S/C12H13ClN2O2/c1-7-2-3-8(6-9(7)13)15-11(16)5-4-10(14)12(15)17/h2-3,6,10H,4-5,14H2,1H3. The zero-order chi connectivity index (χ0) is 12.6. The van der Waals surface area contributed by atoms with Crippen LogP contribution in [-0.2, 0) is 9.59 Å². The summed E-state index contributed by atoms with van der Waals surface area (Å²) in [7, 11) is 0. The molecule has 5 heteroatoms. The Morgan fingerprint density at radius 3 is 2.76 bits per heavy atom. The summed E-state index contributed by atoms with van der Waals surface area (Å²) >= 11 is 5.98. The predicted octanol–water partition coefficient (Wildman–Crippen LogP) is 1.63. The van der Waals surface area contributed by atoms with Crippen molar-refractivity contribution in [2.45, 2.75) is 25.8 Å². The summed E-state index contributed by atoms with van der Waals surface area (Å²) in [6, 6.07) is 4.49. The number of hydrogen-bond donors (Lipinski definition) is 1. The summed E-state index contributed by atoms with van der Waals surface area (Å²) in [6.45, 7) is 1.86. The number of nitrogens with zero attached hydrogens (tertiary/aromatic N) is 1. The normalized spacial score (nSPS) is 20.9. The Hall–Kier alpha value is -1.39. The lowest BCUT2D eigenvalue weighted by atomic mass is 10.0. The van der Waals surface area contributed by atoms with Gasteiger partial charge in [0.05, 0.1) is 11.7 Å². The molecule has 2 amide bonds. The number of anilines is 1. The van der Waals surface area contributed by atoms with Crippen molar-refractivity contribution in [1.29, 1.82) is 0 Å². The summed E-state index contributed by atoms with van der Waals surface area (Å²) in [5, 5.41) is 0.530. The molecule has 1 aliphatic heterocycles. The molecule has 1 aromatic rings. The molecule has 1 fully saturated rings. The fourth-order valence-electron chi connectivity index (χ4n) is 1.80. The molecule has 1 aliphatic rings. The van der Waals surface area contributed by atoms with Gasteiger partial charge in [-0.05, 0) is 31.0 Å². The van der Waals surface area contributed by atoms with Gasteiger partial charge in [-0.2, -0.15) is 0 Å². The van der Waals surface area contributed by atoms with E-state index in [0.29, 0.717) is 23.6 Å². The highest BCUT2D eigenvalue weighted by Gasteiger charge is 2.33. The van der Waals surface area contributed by atoms with Gasteiger partial charge >= 0.3 is 0 Å². The van der Waals surface area contributed by atoms with Crippen molar-refractivity contribution < 1.29 is 9.59 Å². The Bertz CT molecular complexity index is 487. The van der Waals surface area contributed by atoms with Gasteiger partial charge in [-0.25, -0.2) is 4.90 Å². The molecule has 0 bridgehead atoms.